The highest BCUT2D eigenvalue weighted by molar-refractivity contribution is 7.99. The first-order valence-electron chi connectivity index (χ1n) is 10.8. The molecule has 2 heterocycles. The monoisotopic (exact) mass is 472 g/mol. The van der Waals surface area contributed by atoms with Crippen LogP contribution in [0.15, 0.2) is 88.8 Å². The highest BCUT2D eigenvalue weighted by Crippen LogP contribution is 2.26. The summed E-state index contributed by atoms with van der Waals surface area (Å²) >= 11 is 1.17. The second-order valence-electron chi connectivity index (χ2n) is 7.78. The molecule has 6 nitrogen and oxygen atoms in total. The summed E-state index contributed by atoms with van der Waals surface area (Å²) in [5.74, 6) is -0.459. The fraction of sp³-hybridized carbons (Fsp3) is 0.115. The molecule has 2 aromatic heterocycles. The highest BCUT2D eigenvalue weighted by Gasteiger charge is 2.18. The molecule has 34 heavy (non-hydrogen) atoms. The van der Waals surface area contributed by atoms with Gasteiger partial charge in [0.2, 0.25) is 5.91 Å². The number of nitrogens with one attached hydrogen (secondary N) is 2. The van der Waals surface area contributed by atoms with Crippen LogP contribution >= 0.6 is 11.8 Å². The number of para-hydroxylation sites is 1. The molecule has 0 radical (unpaired) electrons. The summed E-state index contributed by atoms with van der Waals surface area (Å²) in [6.45, 7) is 0.517. The first-order chi connectivity index (χ1) is 16.6. The summed E-state index contributed by atoms with van der Waals surface area (Å²) in [5.41, 5.74) is 3.03. The van der Waals surface area contributed by atoms with Crippen LogP contribution in [-0.2, 0) is 11.2 Å². The molecule has 0 aliphatic carbocycles. The summed E-state index contributed by atoms with van der Waals surface area (Å²) in [4.78, 5) is 33.9. The van der Waals surface area contributed by atoms with E-state index in [-0.39, 0.29) is 17.2 Å². The van der Waals surface area contributed by atoms with E-state index in [9.17, 15) is 14.0 Å². The number of thioether (sulfide) groups is 1. The van der Waals surface area contributed by atoms with Gasteiger partial charge in [0, 0.05) is 17.4 Å². The maximum Gasteiger partial charge on any atom is 0.283 e. The predicted molar refractivity (Wildman–Crippen MR) is 133 cm³/mol. The van der Waals surface area contributed by atoms with Gasteiger partial charge in [0.25, 0.3) is 5.56 Å². The first kappa shape index (κ1) is 21.9. The van der Waals surface area contributed by atoms with Gasteiger partial charge in [0.15, 0.2) is 5.16 Å². The van der Waals surface area contributed by atoms with Crippen LogP contribution in [0.3, 0.4) is 0 Å². The quantitative estimate of drug-likeness (QED) is 0.271. The van der Waals surface area contributed by atoms with Gasteiger partial charge in [-0.2, -0.15) is 0 Å². The summed E-state index contributed by atoms with van der Waals surface area (Å²) in [5, 5.41) is 4.11. The number of aromatic nitrogens is 3. The normalized spacial score (nSPS) is 11.2. The number of amides is 1. The Hall–Kier alpha value is -3.91. The van der Waals surface area contributed by atoms with Crippen LogP contribution in [0.5, 0.6) is 0 Å². The lowest BCUT2D eigenvalue weighted by molar-refractivity contribution is -0.118. The van der Waals surface area contributed by atoms with Crippen molar-refractivity contribution in [1.82, 2.24) is 19.9 Å². The molecule has 3 aromatic carbocycles. The highest BCUT2D eigenvalue weighted by atomic mass is 32.2. The molecular formula is C26H21FN4O2S. The van der Waals surface area contributed by atoms with Crippen LogP contribution in [0.25, 0.3) is 27.6 Å². The number of carbonyl (C=O) groups excluding carboxylic acids is 1. The van der Waals surface area contributed by atoms with E-state index < -0.39 is 5.82 Å². The average Bonchev–Trinajstić information content (AvgIpc) is 3.23. The van der Waals surface area contributed by atoms with Crippen molar-refractivity contribution in [2.24, 2.45) is 0 Å². The second-order valence-corrected chi connectivity index (χ2v) is 8.72. The van der Waals surface area contributed by atoms with E-state index in [0.717, 1.165) is 22.9 Å². The van der Waals surface area contributed by atoms with Crippen molar-refractivity contribution in [3.8, 4) is 5.69 Å². The number of rotatable bonds is 7. The minimum Gasteiger partial charge on any atom is -0.355 e. The molecule has 1 amide bonds. The summed E-state index contributed by atoms with van der Waals surface area (Å²) in [7, 11) is 0. The second kappa shape index (κ2) is 9.52. The number of halogens is 1. The fourth-order valence-corrected chi connectivity index (χ4v) is 4.66. The zero-order chi connectivity index (χ0) is 23.5. The molecular weight excluding hydrogens is 451 g/mol. The number of H-pyrrole nitrogens is 1. The Kier molecular flexibility index (Phi) is 6.14. The third kappa shape index (κ3) is 4.45. The molecule has 0 aliphatic rings. The van der Waals surface area contributed by atoms with E-state index in [1.165, 1.54) is 40.6 Å². The third-order valence-corrected chi connectivity index (χ3v) is 6.43. The molecule has 8 heteroatoms. The number of aromatic amines is 1. The molecule has 0 fully saturated rings. The van der Waals surface area contributed by atoms with Crippen molar-refractivity contribution >= 4 is 39.6 Å². The summed E-state index contributed by atoms with van der Waals surface area (Å²) in [6, 6.07) is 23.1. The Morgan fingerprint density at radius 2 is 1.74 bits per heavy atom. The Bertz CT molecular complexity index is 1530. The van der Waals surface area contributed by atoms with Crippen molar-refractivity contribution < 1.29 is 9.18 Å². The summed E-state index contributed by atoms with van der Waals surface area (Å²) in [6.07, 6.45) is 0.733. The van der Waals surface area contributed by atoms with Gasteiger partial charge in [-0.3, -0.25) is 14.2 Å². The summed E-state index contributed by atoms with van der Waals surface area (Å²) < 4.78 is 14.9. The molecule has 170 valence electrons. The van der Waals surface area contributed by atoms with Gasteiger partial charge in [-0.1, -0.05) is 60.3 Å². The Morgan fingerprint density at radius 3 is 2.53 bits per heavy atom. The van der Waals surface area contributed by atoms with E-state index in [1.54, 1.807) is 0 Å². The van der Waals surface area contributed by atoms with Crippen LogP contribution < -0.4 is 10.9 Å². The van der Waals surface area contributed by atoms with Crippen LogP contribution in [0.4, 0.5) is 4.39 Å². The molecule has 0 bridgehead atoms. The first-order valence-corrected chi connectivity index (χ1v) is 11.8. The zero-order valence-corrected chi connectivity index (χ0v) is 18.9. The maximum atomic E-state index is 13.5. The Labute approximate surface area is 198 Å². The van der Waals surface area contributed by atoms with Crippen molar-refractivity contribution in [2.75, 3.05) is 12.3 Å². The Balaban J connectivity index is 1.44. The molecule has 0 aliphatic heterocycles. The zero-order valence-electron chi connectivity index (χ0n) is 18.1. The van der Waals surface area contributed by atoms with Gasteiger partial charge in [-0.05, 0) is 42.3 Å². The third-order valence-electron chi connectivity index (χ3n) is 5.49. The van der Waals surface area contributed by atoms with Gasteiger partial charge < -0.3 is 10.3 Å². The van der Waals surface area contributed by atoms with Crippen molar-refractivity contribution in [3.05, 3.63) is 101 Å². The van der Waals surface area contributed by atoms with E-state index >= 15 is 0 Å². The lowest BCUT2D eigenvalue weighted by atomic mass is 10.1. The lowest BCUT2D eigenvalue weighted by Crippen LogP contribution is -2.28. The topological polar surface area (TPSA) is 79.8 Å². The number of hydrogen-bond donors (Lipinski definition) is 2. The average molecular weight is 473 g/mol. The van der Waals surface area contributed by atoms with E-state index in [0.29, 0.717) is 28.4 Å². The molecule has 0 atom stereocenters. The van der Waals surface area contributed by atoms with E-state index in [2.05, 4.69) is 10.3 Å². The van der Waals surface area contributed by atoms with E-state index in [1.807, 2.05) is 54.6 Å². The van der Waals surface area contributed by atoms with Crippen molar-refractivity contribution in [1.29, 1.82) is 0 Å². The molecule has 5 aromatic rings. The largest absolute Gasteiger partial charge is 0.355 e. The van der Waals surface area contributed by atoms with Crippen molar-refractivity contribution in [3.63, 3.8) is 0 Å². The van der Waals surface area contributed by atoms with Crippen LogP contribution in [-0.4, -0.2) is 32.7 Å². The molecule has 2 N–H and O–H groups in total. The van der Waals surface area contributed by atoms with Crippen molar-refractivity contribution in [2.45, 2.75) is 11.6 Å². The number of carbonyl (C=O) groups is 1. The Morgan fingerprint density at radius 1 is 1.00 bits per heavy atom. The fourth-order valence-electron chi connectivity index (χ4n) is 3.83. The maximum absolute atomic E-state index is 13.5. The SMILES string of the molecule is O=C(CSc1nc2c([nH]c3ccccc32)c(=O)n1-c1ccc(F)cc1)NCCc1ccccc1. The van der Waals surface area contributed by atoms with Gasteiger partial charge in [0.05, 0.1) is 11.4 Å². The van der Waals surface area contributed by atoms with Crippen LogP contribution in [0.1, 0.15) is 5.56 Å². The number of fused-ring (bicyclic) bond motifs is 3. The van der Waals surface area contributed by atoms with Crippen LogP contribution in [0.2, 0.25) is 0 Å². The van der Waals surface area contributed by atoms with Gasteiger partial charge >= 0.3 is 0 Å². The van der Waals surface area contributed by atoms with Gasteiger partial charge in [-0.15, -0.1) is 0 Å². The molecule has 0 unspecified atom stereocenters. The number of hydrogen-bond acceptors (Lipinski definition) is 4. The standard InChI is InChI=1S/C26H21FN4O2S/c27-18-10-12-19(13-11-18)31-25(33)24-23(20-8-4-5-9-21(20)29-24)30-26(31)34-16-22(32)28-15-14-17-6-2-1-3-7-17/h1-13,29H,14-16H2,(H,28,32). The molecule has 0 saturated heterocycles. The van der Waals surface area contributed by atoms with E-state index in [4.69, 9.17) is 4.98 Å². The molecule has 0 spiro atoms. The smallest absolute Gasteiger partial charge is 0.283 e. The number of benzene rings is 3. The number of nitrogens with zero attached hydrogens (tertiary/aromatic N) is 2. The van der Waals surface area contributed by atoms with Gasteiger partial charge in [-0.25, -0.2) is 9.37 Å². The lowest BCUT2D eigenvalue weighted by Gasteiger charge is -2.12. The van der Waals surface area contributed by atoms with Gasteiger partial charge in [0.1, 0.15) is 16.9 Å². The predicted octanol–water partition coefficient (Wildman–Crippen LogP) is 4.46. The minimum atomic E-state index is -0.400. The molecule has 0 saturated carbocycles. The minimum absolute atomic E-state index is 0.0935. The molecule has 5 rings (SSSR count). The van der Waals surface area contributed by atoms with Crippen LogP contribution in [0, 0.1) is 5.82 Å².